The lowest BCUT2D eigenvalue weighted by Gasteiger charge is -2.29. The SMILES string of the molecule is Cn1ncc2c1CC(C)(C)c1cn[nH]c1-2. The van der Waals surface area contributed by atoms with Gasteiger partial charge < -0.3 is 0 Å². The highest BCUT2D eigenvalue weighted by Crippen LogP contribution is 2.41. The molecule has 4 heteroatoms. The van der Waals surface area contributed by atoms with Gasteiger partial charge in [0.05, 0.1) is 18.1 Å². The molecule has 0 saturated heterocycles. The quantitative estimate of drug-likeness (QED) is 0.706. The first-order valence-electron chi connectivity index (χ1n) is 5.15. The third kappa shape index (κ3) is 1.02. The molecule has 0 fully saturated rings. The van der Waals surface area contributed by atoms with E-state index in [4.69, 9.17) is 0 Å². The van der Waals surface area contributed by atoms with Crippen molar-refractivity contribution < 1.29 is 0 Å². The largest absolute Gasteiger partial charge is 0.277 e. The fraction of sp³-hybridized carbons (Fsp3) is 0.455. The molecular formula is C11H14N4. The minimum Gasteiger partial charge on any atom is -0.277 e. The van der Waals surface area contributed by atoms with Crippen molar-refractivity contribution in [3.63, 3.8) is 0 Å². The summed E-state index contributed by atoms with van der Waals surface area (Å²) in [7, 11) is 2.00. The van der Waals surface area contributed by atoms with Crippen molar-refractivity contribution in [2.75, 3.05) is 0 Å². The zero-order valence-corrected chi connectivity index (χ0v) is 9.20. The third-order valence-electron chi connectivity index (χ3n) is 3.31. The van der Waals surface area contributed by atoms with E-state index in [1.165, 1.54) is 16.8 Å². The van der Waals surface area contributed by atoms with E-state index in [9.17, 15) is 0 Å². The Balaban J connectivity index is 2.33. The fourth-order valence-corrected chi connectivity index (χ4v) is 2.40. The molecule has 0 bridgehead atoms. The number of nitrogens with one attached hydrogen (secondary N) is 1. The number of rotatable bonds is 0. The lowest BCUT2D eigenvalue weighted by Crippen LogP contribution is -2.25. The Morgan fingerprint density at radius 2 is 2.20 bits per heavy atom. The summed E-state index contributed by atoms with van der Waals surface area (Å²) in [5, 5.41) is 11.5. The highest BCUT2D eigenvalue weighted by molar-refractivity contribution is 5.69. The molecule has 1 aliphatic rings. The van der Waals surface area contributed by atoms with Gasteiger partial charge in [0.25, 0.3) is 0 Å². The highest BCUT2D eigenvalue weighted by atomic mass is 15.3. The van der Waals surface area contributed by atoms with Crippen LogP contribution in [0.2, 0.25) is 0 Å². The molecule has 0 atom stereocenters. The Morgan fingerprint density at radius 3 is 3.00 bits per heavy atom. The molecule has 2 aromatic heterocycles. The molecular weight excluding hydrogens is 188 g/mol. The van der Waals surface area contributed by atoms with E-state index in [-0.39, 0.29) is 5.41 Å². The van der Waals surface area contributed by atoms with Crippen molar-refractivity contribution in [1.29, 1.82) is 0 Å². The minimum atomic E-state index is 0.142. The van der Waals surface area contributed by atoms with Crippen LogP contribution >= 0.6 is 0 Å². The first-order chi connectivity index (χ1) is 7.09. The zero-order valence-electron chi connectivity index (χ0n) is 9.20. The number of nitrogens with zero attached hydrogens (tertiary/aromatic N) is 3. The van der Waals surface area contributed by atoms with E-state index < -0.39 is 0 Å². The summed E-state index contributed by atoms with van der Waals surface area (Å²) in [4.78, 5) is 0. The molecule has 2 aromatic rings. The topological polar surface area (TPSA) is 46.5 Å². The molecule has 0 radical (unpaired) electrons. The van der Waals surface area contributed by atoms with Gasteiger partial charge >= 0.3 is 0 Å². The number of hydrogen-bond acceptors (Lipinski definition) is 2. The maximum Gasteiger partial charge on any atom is 0.0722 e. The second-order valence-electron chi connectivity index (χ2n) is 4.85. The van der Waals surface area contributed by atoms with Gasteiger partial charge in [0.2, 0.25) is 0 Å². The normalized spacial score (nSPS) is 17.3. The average Bonchev–Trinajstić information content (AvgIpc) is 2.73. The van der Waals surface area contributed by atoms with Crippen LogP contribution in [-0.4, -0.2) is 20.0 Å². The van der Waals surface area contributed by atoms with Crippen LogP contribution in [-0.2, 0) is 18.9 Å². The van der Waals surface area contributed by atoms with Crippen LogP contribution in [0.4, 0.5) is 0 Å². The van der Waals surface area contributed by atoms with Crippen molar-refractivity contribution in [2.24, 2.45) is 7.05 Å². The van der Waals surface area contributed by atoms with Gasteiger partial charge in [0, 0.05) is 23.9 Å². The van der Waals surface area contributed by atoms with Gasteiger partial charge in [-0.05, 0) is 11.8 Å². The van der Waals surface area contributed by atoms with E-state index in [1.807, 2.05) is 24.1 Å². The van der Waals surface area contributed by atoms with Gasteiger partial charge in [-0.1, -0.05) is 13.8 Å². The second kappa shape index (κ2) is 2.51. The number of aryl methyl sites for hydroxylation is 1. The predicted octanol–water partition coefficient (Wildman–Crippen LogP) is 1.64. The molecule has 3 rings (SSSR count). The summed E-state index contributed by atoms with van der Waals surface area (Å²) < 4.78 is 1.96. The molecule has 0 aliphatic heterocycles. The molecule has 0 unspecified atom stereocenters. The fourth-order valence-electron chi connectivity index (χ4n) is 2.40. The Labute approximate surface area is 88.3 Å². The average molecular weight is 202 g/mol. The van der Waals surface area contributed by atoms with E-state index in [2.05, 4.69) is 29.1 Å². The Morgan fingerprint density at radius 1 is 1.40 bits per heavy atom. The van der Waals surface area contributed by atoms with Crippen LogP contribution < -0.4 is 0 Å². The number of aromatic nitrogens is 4. The van der Waals surface area contributed by atoms with E-state index in [0.717, 1.165) is 12.1 Å². The van der Waals surface area contributed by atoms with E-state index >= 15 is 0 Å². The Bertz CT molecular complexity index is 518. The van der Waals surface area contributed by atoms with Gasteiger partial charge in [-0.25, -0.2) is 0 Å². The number of hydrogen-bond donors (Lipinski definition) is 1. The second-order valence-corrected chi connectivity index (χ2v) is 4.85. The number of H-pyrrole nitrogens is 1. The maximum atomic E-state index is 4.31. The first kappa shape index (κ1) is 8.71. The van der Waals surface area contributed by atoms with Crippen LogP contribution in [0.25, 0.3) is 11.3 Å². The third-order valence-corrected chi connectivity index (χ3v) is 3.31. The van der Waals surface area contributed by atoms with Gasteiger partial charge in [0.15, 0.2) is 0 Å². The van der Waals surface area contributed by atoms with Crippen molar-refractivity contribution in [3.8, 4) is 11.3 Å². The van der Waals surface area contributed by atoms with Gasteiger partial charge in [0.1, 0.15) is 0 Å². The minimum absolute atomic E-state index is 0.142. The summed E-state index contributed by atoms with van der Waals surface area (Å²) in [6, 6.07) is 0. The zero-order chi connectivity index (χ0) is 10.6. The van der Waals surface area contributed by atoms with Gasteiger partial charge in [-0.2, -0.15) is 10.2 Å². The summed E-state index contributed by atoms with van der Waals surface area (Å²) in [5.41, 5.74) is 5.06. The molecule has 0 amide bonds. The van der Waals surface area contributed by atoms with Crippen molar-refractivity contribution in [3.05, 3.63) is 23.7 Å². The first-order valence-corrected chi connectivity index (χ1v) is 5.15. The molecule has 1 aliphatic carbocycles. The smallest absolute Gasteiger partial charge is 0.0722 e. The molecule has 0 aromatic carbocycles. The summed E-state index contributed by atoms with van der Waals surface area (Å²) >= 11 is 0. The van der Waals surface area contributed by atoms with Crippen LogP contribution in [0.5, 0.6) is 0 Å². The predicted molar refractivity (Wildman–Crippen MR) is 57.5 cm³/mol. The number of aromatic amines is 1. The summed E-state index contributed by atoms with van der Waals surface area (Å²) in [6.45, 7) is 4.49. The molecule has 4 nitrogen and oxygen atoms in total. The van der Waals surface area contributed by atoms with Gasteiger partial charge in [-0.3, -0.25) is 9.78 Å². The van der Waals surface area contributed by atoms with Crippen molar-refractivity contribution >= 4 is 0 Å². The standard InChI is InChI=1S/C11H14N4/c1-11(2)4-9-7(5-13-15(9)3)10-8(11)6-12-14-10/h5-6H,4H2,1-3H3,(H,12,14). The number of fused-ring (bicyclic) bond motifs is 3. The lowest BCUT2D eigenvalue weighted by atomic mass is 9.75. The van der Waals surface area contributed by atoms with Crippen LogP contribution in [0.15, 0.2) is 12.4 Å². The Kier molecular flexibility index (Phi) is 1.45. The molecule has 15 heavy (non-hydrogen) atoms. The Hall–Kier alpha value is -1.58. The van der Waals surface area contributed by atoms with E-state index in [0.29, 0.717) is 0 Å². The maximum absolute atomic E-state index is 4.31. The molecule has 0 saturated carbocycles. The van der Waals surface area contributed by atoms with Gasteiger partial charge in [-0.15, -0.1) is 0 Å². The lowest BCUT2D eigenvalue weighted by molar-refractivity contribution is 0.494. The molecule has 78 valence electrons. The monoisotopic (exact) mass is 202 g/mol. The van der Waals surface area contributed by atoms with Crippen molar-refractivity contribution in [1.82, 2.24) is 20.0 Å². The van der Waals surface area contributed by atoms with Crippen molar-refractivity contribution in [2.45, 2.75) is 25.7 Å². The molecule has 1 N–H and O–H groups in total. The molecule has 0 spiro atoms. The van der Waals surface area contributed by atoms with Crippen LogP contribution in [0.1, 0.15) is 25.1 Å². The van der Waals surface area contributed by atoms with Crippen LogP contribution in [0.3, 0.4) is 0 Å². The summed E-state index contributed by atoms with van der Waals surface area (Å²) in [5.74, 6) is 0. The highest BCUT2D eigenvalue weighted by Gasteiger charge is 2.34. The van der Waals surface area contributed by atoms with Crippen LogP contribution in [0, 0.1) is 0 Å². The summed E-state index contributed by atoms with van der Waals surface area (Å²) in [6.07, 6.45) is 4.87. The van der Waals surface area contributed by atoms with E-state index in [1.54, 1.807) is 0 Å². The molecule has 2 heterocycles.